The Hall–Kier alpha value is -2.77. The van der Waals surface area contributed by atoms with E-state index in [4.69, 9.17) is 4.74 Å². The van der Waals surface area contributed by atoms with Gasteiger partial charge in [0.1, 0.15) is 12.1 Å². The van der Waals surface area contributed by atoms with E-state index in [2.05, 4.69) is 36.2 Å². The van der Waals surface area contributed by atoms with Gasteiger partial charge in [-0.2, -0.15) is 4.52 Å². The average Bonchev–Trinajstić information content (AvgIpc) is 3.47. The largest absolute Gasteiger partial charge is 0.480 e. The number of fused-ring (bicyclic) bond motifs is 1. The van der Waals surface area contributed by atoms with Crippen LogP contribution in [-0.4, -0.2) is 50.0 Å². The Labute approximate surface area is 151 Å². The fourth-order valence-electron chi connectivity index (χ4n) is 3.66. The van der Waals surface area contributed by atoms with Gasteiger partial charge >= 0.3 is 0 Å². The second-order valence-corrected chi connectivity index (χ2v) is 7.04. The van der Waals surface area contributed by atoms with Gasteiger partial charge < -0.3 is 9.64 Å². The Morgan fingerprint density at radius 1 is 1.00 bits per heavy atom. The molecule has 0 bridgehead atoms. The molecule has 3 aromatic rings. The standard InChI is InChI=1S/C18H21N7O/c1-26-17-5-4-15-21-22-18(25(15)23-17)13-6-8-24(9-7-13)16-10-14(12-2-3-12)19-11-20-16/h4-5,10-13H,2-3,6-9H2,1H3. The highest BCUT2D eigenvalue weighted by molar-refractivity contribution is 5.42. The number of piperidine rings is 1. The van der Waals surface area contributed by atoms with Gasteiger partial charge in [-0.15, -0.1) is 15.3 Å². The summed E-state index contributed by atoms with van der Waals surface area (Å²) in [6.45, 7) is 1.90. The lowest BCUT2D eigenvalue weighted by molar-refractivity contribution is 0.386. The van der Waals surface area contributed by atoms with Crippen molar-refractivity contribution >= 4 is 11.5 Å². The third kappa shape index (κ3) is 2.75. The maximum absolute atomic E-state index is 5.23. The first kappa shape index (κ1) is 15.5. The molecule has 1 aliphatic heterocycles. The maximum atomic E-state index is 5.23. The van der Waals surface area contributed by atoms with Crippen molar-refractivity contribution in [2.45, 2.75) is 37.5 Å². The molecular formula is C18H21N7O. The molecule has 8 heteroatoms. The highest BCUT2D eigenvalue weighted by Crippen LogP contribution is 2.39. The minimum Gasteiger partial charge on any atom is -0.480 e. The van der Waals surface area contributed by atoms with Crippen LogP contribution >= 0.6 is 0 Å². The number of hydrogen-bond acceptors (Lipinski definition) is 7. The molecule has 2 aliphatic rings. The summed E-state index contributed by atoms with van der Waals surface area (Å²) in [5.41, 5.74) is 1.95. The van der Waals surface area contributed by atoms with Crippen molar-refractivity contribution in [3.05, 3.63) is 36.0 Å². The Bertz CT molecular complexity index is 928. The van der Waals surface area contributed by atoms with Crippen molar-refractivity contribution in [2.75, 3.05) is 25.1 Å². The highest BCUT2D eigenvalue weighted by Gasteiger charge is 2.28. The van der Waals surface area contributed by atoms with E-state index >= 15 is 0 Å². The Morgan fingerprint density at radius 3 is 2.62 bits per heavy atom. The van der Waals surface area contributed by atoms with Crippen LogP contribution in [0.4, 0.5) is 5.82 Å². The predicted molar refractivity (Wildman–Crippen MR) is 95.5 cm³/mol. The number of aromatic nitrogens is 6. The quantitative estimate of drug-likeness (QED) is 0.712. The monoisotopic (exact) mass is 351 g/mol. The fraction of sp³-hybridized carbons (Fsp3) is 0.500. The molecular weight excluding hydrogens is 330 g/mol. The van der Waals surface area contributed by atoms with Crippen molar-refractivity contribution in [1.82, 2.24) is 29.8 Å². The van der Waals surface area contributed by atoms with Crippen LogP contribution in [0.5, 0.6) is 5.88 Å². The number of methoxy groups -OCH3 is 1. The molecule has 0 radical (unpaired) electrons. The van der Waals surface area contributed by atoms with E-state index in [0.29, 0.717) is 17.7 Å². The minimum absolute atomic E-state index is 0.339. The second-order valence-electron chi connectivity index (χ2n) is 7.04. The lowest BCUT2D eigenvalue weighted by atomic mass is 9.96. The zero-order valence-electron chi connectivity index (χ0n) is 14.7. The zero-order chi connectivity index (χ0) is 17.5. The van der Waals surface area contributed by atoms with Crippen LogP contribution in [0.3, 0.4) is 0 Å². The predicted octanol–water partition coefficient (Wildman–Crippen LogP) is 2.18. The molecule has 134 valence electrons. The zero-order valence-corrected chi connectivity index (χ0v) is 14.7. The van der Waals surface area contributed by atoms with Crippen molar-refractivity contribution in [3.8, 4) is 5.88 Å². The van der Waals surface area contributed by atoms with Gasteiger partial charge in [0.05, 0.1) is 7.11 Å². The van der Waals surface area contributed by atoms with E-state index in [0.717, 1.165) is 43.2 Å². The second kappa shape index (κ2) is 6.19. The Kier molecular flexibility index (Phi) is 3.69. The molecule has 0 atom stereocenters. The summed E-state index contributed by atoms with van der Waals surface area (Å²) >= 11 is 0. The summed E-state index contributed by atoms with van der Waals surface area (Å²) in [7, 11) is 1.62. The third-order valence-electron chi connectivity index (χ3n) is 5.33. The molecule has 0 aromatic carbocycles. The molecule has 26 heavy (non-hydrogen) atoms. The lowest BCUT2D eigenvalue weighted by Crippen LogP contribution is -2.34. The van der Waals surface area contributed by atoms with Crippen molar-refractivity contribution in [3.63, 3.8) is 0 Å². The van der Waals surface area contributed by atoms with Gasteiger partial charge in [0.2, 0.25) is 5.88 Å². The van der Waals surface area contributed by atoms with Crippen LogP contribution in [0, 0.1) is 0 Å². The van der Waals surface area contributed by atoms with E-state index in [-0.39, 0.29) is 0 Å². The van der Waals surface area contributed by atoms with Gasteiger partial charge in [0.25, 0.3) is 0 Å². The molecule has 8 nitrogen and oxygen atoms in total. The first-order valence-electron chi connectivity index (χ1n) is 9.15. The summed E-state index contributed by atoms with van der Waals surface area (Å²) in [4.78, 5) is 11.3. The van der Waals surface area contributed by atoms with E-state index < -0.39 is 0 Å². The lowest BCUT2D eigenvalue weighted by Gasteiger charge is -2.32. The summed E-state index contributed by atoms with van der Waals surface area (Å²) < 4.78 is 7.05. The van der Waals surface area contributed by atoms with Crippen LogP contribution in [-0.2, 0) is 0 Å². The summed E-state index contributed by atoms with van der Waals surface area (Å²) in [5.74, 6) is 3.53. The number of hydrogen-bond donors (Lipinski definition) is 0. The van der Waals surface area contributed by atoms with E-state index in [9.17, 15) is 0 Å². The van der Waals surface area contributed by atoms with Crippen LogP contribution < -0.4 is 9.64 Å². The first-order chi connectivity index (χ1) is 12.8. The van der Waals surface area contributed by atoms with E-state index in [1.165, 1.54) is 18.5 Å². The molecule has 1 aliphatic carbocycles. The Morgan fingerprint density at radius 2 is 1.85 bits per heavy atom. The SMILES string of the molecule is COc1ccc2nnc(C3CCN(c4cc(C5CC5)ncn4)CC3)n2n1. The molecule has 0 amide bonds. The molecule has 0 spiro atoms. The van der Waals surface area contributed by atoms with Crippen LogP contribution in [0.25, 0.3) is 5.65 Å². The summed E-state index contributed by atoms with van der Waals surface area (Å²) in [5, 5.41) is 13.1. The van der Waals surface area contributed by atoms with Crippen LogP contribution in [0.2, 0.25) is 0 Å². The molecule has 3 aromatic heterocycles. The molecule has 0 unspecified atom stereocenters. The molecule has 0 N–H and O–H groups in total. The van der Waals surface area contributed by atoms with Gasteiger partial charge in [-0.1, -0.05) is 0 Å². The van der Waals surface area contributed by atoms with Gasteiger partial charge in [0, 0.05) is 42.8 Å². The van der Waals surface area contributed by atoms with Gasteiger partial charge in [-0.25, -0.2) is 9.97 Å². The van der Waals surface area contributed by atoms with Crippen molar-refractivity contribution in [1.29, 1.82) is 0 Å². The average molecular weight is 351 g/mol. The van der Waals surface area contributed by atoms with E-state index in [1.807, 2.05) is 16.6 Å². The van der Waals surface area contributed by atoms with Crippen LogP contribution in [0.15, 0.2) is 24.5 Å². The fourth-order valence-corrected chi connectivity index (χ4v) is 3.66. The molecule has 1 saturated heterocycles. The smallest absolute Gasteiger partial charge is 0.231 e. The van der Waals surface area contributed by atoms with Crippen LogP contribution in [0.1, 0.15) is 49.0 Å². The van der Waals surface area contributed by atoms with Gasteiger partial charge in [-0.3, -0.25) is 0 Å². The normalized spacial score (nSPS) is 18.4. The first-order valence-corrected chi connectivity index (χ1v) is 9.15. The number of rotatable bonds is 4. The van der Waals surface area contributed by atoms with Gasteiger partial charge in [-0.05, 0) is 31.7 Å². The van der Waals surface area contributed by atoms with Gasteiger partial charge in [0.15, 0.2) is 11.5 Å². The Balaban J connectivity index is 1.33. The minimum atomic E-state index is 0.339. The van der Waals surface area contributed by atoms with Crippen molar-refractivity contribution < 1.29 is 4.74 Å². The number of anilines is 1. The summed E-state index contributed by atoms with van der Waals surface area (Å²) in [6, 6.07) is 5.86. The van der Waals surface area contributed by atoms with Crippen molar-refractivity contribution in [2.24, 2.45) is 0 Å². The highest BCUT2D eigenvalue weighted by atomic mass is 16.5. The number of ether oxygens (including phenoxy) is 1. The third-order valence-corrected chi connectivity index (χ3v) is 5.33. The number of nitrogens with zero attached hydrogens (tertiary/aromatic N) is 7. The molecule has 4 heterocycles. The summed E-state index contributed by atoms with van der Waals surface area (Å²) in [6.07, 6.45) is 6.23. The molecule has 5 rings (SSSR count). The maximum Gasteiger partial charge on any atom is 0.231 e. The molecule has 1 saturated carbocycles. The topological polar surface area (TPSA) is 81.3 Å². The molecule has 2 fully saturated rings. The van der Waals surface area contributed by atoms with E-state index in [1.54, 1.807) is 13.4 Å².